The molecule has 2 rings (SSSR count). The molecule has 1 N–H and O–H groups in total. The normalized spacial score (nSPS) is 10.2. The van der Waals surface area contributed by atoms with E-state index in [2.05, 4.69) is 15.3 Å². The summed E-state index contributed by atoms with van der Waals surface area (Å²) in [6.07, 6.45) is 2.95. The van der Waals surface area contributed by atoms with Gasteiger partial charge in [0.15, 0.2) is 10.9 Å². The number of carbonyl (C=O) groups excluding carboxylic acids is 2. The summed E-state index contributed by atoms with van der Waals surface area (Å²) in [6, 6.07) is 9.37. The second kappa shape index (κ2) is 8.28. The van der Waals surface area contributed by atoms with Crippen LogP contribution in [-0.2, 0) is 9.53 Å². The number of carbonyl (C=O) groups is 2. The fourth-order valence-corrected chi connectivity index (χ4v) is 2.20. The van der Waals surface area contributed by atoms with Crippen molar-refractivity contribution in [2.45, 2.75) is 18.5 Å². The third-order valence-corrected chi connectivity index (χ3v) is 3.46. The minimum atomic E-state index is -0.558. The summed E-state index contributed by atoms with van der Waals surface area (Å²) >= 11 is 1.37. The number of thioether (sulfide) groups is 1. The Labute approximate surface area is 138 Å². The Morgan fingerprint density at radius 1 is 1.26 bits per heavy atom. The van der Waals surface area contributed by atoms with E-state index in [9.17, 15) is 9.59 Å². The van der Waals surface area contributed by atoms with Crippen LogP contribution in [0.4, 0.5) is 11.5 Å². The van der Waals surface area contributed by atoms with Crippen molar-refractivity contribution in [3.8, 4) is 0 Å². The molecule has 0 fully saturated rings. The third kappa shape index (κ3) is 4.79. The molecule has 23 heavy (non-hydrogen) atoms. The first-order valence-corrected chi connectivity index (χ1v) is 8.28. The smallest absolute Gasteiger partial charge is 0.313 e. The van der Waals surface area contributed by atoms with E-state index in [1.54, 1.807) is 6.92 Å². The number of hydrogen-bond acceptors (Lipinski definition) is 7. The first-order valence-electron chi connectivity index (χ1n) is 7.06. The van der Waals surface area contributed by atoms with Gasteiger partial charge < -0.3 is 10.1 Å². The van der Waals surface area contributed by atoms with E-state index in [4.69, 9.17) is 4.74 Å². The van der Waals surface area contributed by atoms with Crippen molar-refractivity contribution >= 4 is 35.0 Å². The van der Waals surface area contributed by atoms with E-state index in [1.807, 2.05) is 36.6 Å². The maximum atomic E-state index is 12.3. The molecule has 0 bridgehead atoms. The quantitative estimate of drug-likeness (QED) is 0.274. The highest BCUT2D eigenvalue weighted by molar-refractivity contribution is 7.98. The van der Waals surface area contributed by atoms with E-state index in [0.717, 1.165) is 5.69 Å². The number of benzene rings is 1. The van der Waals surface area contributed by atoms with Crippen molar-refractivity contribution in [2.24, 2.45) is 0 Å². The monoisotopic (exact) mass is 331 g/mol. The van der Waals surface area contributed by atoms with Crippen molar-refractivity contribution in [1.29, 1.82) is 0 Å². The van der Waals surface area contributed by atoms with Gasteiger partial charge in [-0.05, 0) is 25.3 Å². The van der Waals surface area contributed by atoms with Crippen LogP contribution < -0.4 is 5.32 Å². The molecule has 2 aromatic rings. The highest BCUT2D eigenvalue weighted by atomic mass is 32.2. The van der Waals surface area contributed by atoms with Crippen molar-refractivity contribution in [1.82, 2.24) is 9.97 Å². The standard InChI is InChI=1S/C16H17N3O3S/c1-3-22-14(21)9-13(20)12-10-17-16(23-2)19-15(12)18-11-7-5-4-6-8-11/h4-8,10H,3,9H2,1-2H3,(H,17,18,19). The van der Waals surface area contributed by atoms with E-state index in [-0.39, 0.29) is 24.4 Å². The summed E-state index contributed by atoms with van der Waals surface area (Å²) in [6.45, 7) is 1.93. The van der Waals surface area contributed by atoms with Gasteiger partial charge in [-0.15, -0.1) is 0 Å². The predicted molar refractivity (Wildman–Crippen MR) is 89.1 cm³/mol. The fraction of sp³-hybridized carbons (Fsp3) is 0.250. The summed E-state index contributed by atoms with van der Waals surface area (Å²) in [5.41, 5.74) is 1.06. The number of nitrogens with zero attached hydrogens (tertiary/aromatic N) is 2. The topological polar surface area (TPSA) is 81.2 Å². The van der Waals surface area contributed by atoms with Gasteiger partial charge in [-0.2, -0.15) is 0 Å². The zero-order valence-electron chi connectivity index (χ0n) is 12.9. The number of aromatic nitrogens is 2. The zero-order chi connectivity index (χ0) is 16.7. The number of Topliss-reactive ketones (excluding diaryl/α,β-unsaturated/α-hetero) is 1. The minimum Gasteiger partial charge on any atom is -0.466 e. The molecule has 1 heterocycles. The van der Waals surface area contributed by atoms with Crippen molar-refractivity contribution in [3.63, 3.8) is 0 Å². The summed E-state index contributed by atoms with van der Waals surface area (Å²) < 4.78 is 4.81. The highest BCUT2D eigenvalue weighted by Gasteiger charge is 2.18. The second-order valence-corrected chi connectivity index (χ2v) is 5.29. The van der Waals surface area contributed by atoms with Crippen molar-refractivity contribution < 1.29 is 14.3 Å². The molecule has 120 valence electrons. The van der Waals surface area contributed by atoms with Gasteiger partial charge >= 0.3 is 5.97 Å². The largest absolute Gasteiger partial charge is 0.466 e. The molecule has 0 saturated carbocycles. The van der Waals surface area contributed by atoms with Crippen LogP contribution in [0.25, 0.3) is 0 Å². The molecular formula is C16H17N3O3S. The minimum absolute atomic E-state index is 0.239. The van der Waals surface area contributed by atoms with Crippen LogP contribution in [0.5, 0.6) is 0 Å². The van der Waals surface area contributed by atoms with Crippen LogP contribution in [0.3, 0.4) is 0 Å². The number of para-hydroxylation sites is 1. The van der Waals surface area contributed by atoms with Crippen LogP contribution in [-0.4, -0.2) is 34.6 Å². The first kappa shape index (κ1) is 17.0. The molecule has 6 nitrogen and oxygen atoms in total. The summed E-state index contributed by atoms with van der Waals surface area (Å²) in [5, 5.41) is 3.63. The molecule has 0 saturated heterocycles. The lowest BCUT2D eigenvalue weighted by atomic mass is 10.1. The van der Waals surface area contributed by atoms with Gasteiger partial charge in [-0.25, -0.2) is 9.97 Å². The lowest BCUT2D eigenvalue weighted by Crippen LogP contribution is -2.14. The lowest BCUT2D eigenvalue weighted by molar-refractivity contribution is -0.141. The number of esters is 1. The van der Waals surface area contributed by atoms with Gasteiger partial charge in [0.25, 0.3) is 0 Å². The average molecular weight is 331 g/mol. The molecular weight excluding hydrogens is 314 g/mol. The molecule has 7 heteroatoms. The molecule has 1 aromatic carbocycles. The number of ketones is 1. The molecule has 0 aliphatic rings. The van der Waals surface area contributed by atoms with E-state index >= 15 is 0 Å². The first-order chi connectivity index (χ1) is 11.1. The number of nitrogens with one attached hydrogen (secondary N) is 1. The Balaban J connectivity index is 2.27. The molecule has 0 spiro atoms. The van der Waals surface area contributed by atoms with Crippen LogP contribution >= 0.6 is 11.8 Å². The van der Waals surface area contributed by atoms with Crippen LogP contribution in [0.15, 0.2) is 41.7 Å². The molecule has 1 aromatic heterocycles. The Hall–Kier alpha value is -2.41. The number of hydrogen-bond donors (Lipinski definition) is 1. The number of anilines is 2. The molecule has 0 aliphatic carbocycles. The number of ether oxygens (including phenoxy) is 1. The van der Waals surface area contributed by atoms with Crippen LogP contribution in [0.1, 0.15) is 23.7 Å². The predicted octanol–water partition coefficient (Wildman–Crippen LogP) is 3.08. The molecule has 0 amide bonds. The summed E-state index contributed by atoms with van der Waals surface area (Å²) in [7, 11) is 0. The van der Waals surface area contributed by atoms with Gasteiger partial charge in [0.2, 0.25) is 0 Å². The SMILES string of the molecule is CCOC(=O)CC(=O)c1cnc(SC)nc1Nc1ccccc1. The van der Waals surface area contributed by atoms with E-state index < -0.39 is 5.97 Å². The maximum absolute atomic E-state index is 12.3. The lowest BCUT2D eigenvalue weighted by Gasteiger charge is -2.11. The molecule has 0 radical (unpaired) electrons. The van der Waals surface area contributed by atoms with E-state index in [0.29, 0.717) is 11.0 Å². The second-order valence-electron chi connectivity index (χ2n) is 4.51. The zero-order valence-corrected chi connectivity index (χ0v) is 13.7. The number of rotatable bonds is 7. The van der Waals surface area contributed by atoms with Gasteiger partial charge in [-0.1, -0.05) is 30.0 Å². The molecule has 0 unspecified atom stereocenters. The van der Waals surface area contributed by atoms with Crippen molar-refractivity contribution in [2.75, 3.05) is 18.2 Å². The van der Waals surface area contributed by atoms with Gasteiger partial charge in [0.05, 0.1) is 12.2 Å². The van der Waals surface area contributed by atoms with E-state index in [1.165, 1.54) is 18.0 Å². The van der Waals surface area contributed by atoms with Gasteiger partial charge in [0.1, 0.15) is 12.2 Å². The Morgan fingerprint density at radius 3 is 2.65 bits per heavy atom. The molecule has 0 aliphatic heterocycles. The van der Waals surface area contributed by atoms with Gasteiger partial charge in [-0.3, -0.25) is 9.59 Å². The van der Waals surface area contributed by atoms with Crippen LogP contribution in [0.2, 0.25) is 0 Å². The maximum Gasteiger partial charge on any atom is 0.313 e. The molecule has 0 atom stereocenters. The Morgan fingerprint density at radius 2 is 2.00 bits per heavy atom. The fourth-order valence-electron chi connectivity index (χ4n) is 1.86. The summed E-state index contributed by atoms with van der Waals surface area (Å²) in [5.74, 6) is -0.559. The van der Waals surface area contributed by atoms with Crippen LogP contribution in [0, 0.1) is 0 Å². The Bertz CT molecular complexity index is 692. The Kier molecular flexibility index (Phi) is 6.10. The summed E-state index contributed by atoms with van der Waals surface area (Å²) in [4.78, 5) is 32.3. The third-order valence-electron chi connectivity index (χ3n) is 2.90. The highest BCUT2D eigenvalue weighted by Crippen LogP contribution is 2.22. The van der Waals surface area contributed by atoms with Crippen molar-refractivity contribution in [3.05, 3.63) is 42.1 Å². The average Bonchev–Trinajstić information content (AvgIpc) is 2.55. The van der Waals surface area contributed by atoms with Gasteiger partial charge in [0, 0.05) is 11.9 Å².